The fourth-order valence-electron chi connectivity index (χ4n) is 9.27. The minimum absolute atomic E-state index is 0.00587. The summed E-state index contributed by atoms with van der Waals surface area (Å²) in [6.07, 6.45) is 6.79. The number of carbonyl (C=O) groups is 4. The predicted octanol–water partition coefficient (Wildman–Crippen LogP) is 2.82. The van der Waals surface area contributed by atoms with Crippen LogP contribution in [-0.4, -0.2) is 112 Å². The van der Waals surface area contributed by atoms with Gasteiger partial charge in [-0.1, -0.05) is 72.8 Å². The van der Waals surface area contributed by atoms with Gasteiger partial charge in [0.25, 0.3) is 5.88 Å². The van der Waals surface area contributed by atoms with E-state index in [0.29, 0.717) is 77.0 Å². The van der Waals surface area contributed by atoms with E-state index in [9.17, 15) is 29.4 Å². The molecule has 0 saturated carbocycles. The van der Waals surface area contributed by atoms with Crippen molar-refractivity contribution in [1.82, 2.24) is 15.0 Å². The summed E-state index contributed by atoms with van der Waals surface area (Å²) in [7, 11) is 0. The van der Waals surface area contributed by atoms with Gasteiger partial charge in [0.2, 0.25) is 17.3 Å². The Kier molecular flexibility index (Phi) is 10.9. The number of carbonyl (C=O) groups excluding carboxylic acids is 4. The van der Waals surface area contributed by atoms with E-state index in [-0.39, 0.29) is 36.1 Å². The monoisotopic (exact) mass is 821 g/mol. The third-order valence-corrected chi connectivity index (χ3v) is 12.3. The number of aliphatic hydroxyl groups is 2. The van der Waals surface area contributed by atoms with Crippen molar-refractivity contribution in [2.24, 2.45) is 11.8 Å². The minimum Gasteiger partial charge on any atom is -0.470 e. The number of Topliss-reactive ketones (excluding diaryl/α,β-unsaturated/α-hetero) is 2. The first-order valence-corrected chi connectivity index (χ1v) is 20.2. The molecule has 10 rings (SSSR count). The highest BCUT2D eigenvalue weighted by Gasteiger charge is 2.64. The maximum Gasteiger partial charge on any atom is 0.424 e. The van der Waals surface area contributed by atoms with Crippen molar-refractivity contribution in [3.63, 3.8) is 0 Å². The fourth-order valence-corrected chi connectivity index (χ4v) is 9.27. The van der Waals surface area contributed by atoms with E-state index >= 15 is 0 Å². The SMILES string of the molecule is O=C1C=CCC2[C@H](N3CCOCC3)c3o[nH+]c(OCc4ccccc4)c3C(=O)[C@@]12O.O=C1C=CCC2[C@H](N3CCOCC3)c3onc(OCc4ccccc4)c3C(=O)[C@]12O. The number of nitrogens with one attached hydrogen (secondary N) is 1. The third-order valence-electron chi connectivity index (χ3n) is 12.3. The first kappa shape index (κ1) is 39.8. The first-order chi connectivity index (χ1) is 29.2. The Bertz CT molecular complexity index is 2150. The molecule has 2 unspecified atom stereocenters. The van der Waals surface area contributed by atoms with Crippen molar-refractivity contribution in [2.45, 2.75) is 49.3 Å². The number of H-pyrrole nitrogens is 1. The lowest BCUT2D eigenvalue weighted by molar-refractivity contribution is -0.617. The number of aromatic nitrogens is 2. The molecule has 16 heteroatoms. The smallest absolute Gasteiger partial charge is 0.424 e. The van der Waals surface area contributed by atoms with Gasteiger partial charge in [-0.15, -0.1) is 0 Å². The van der Waals surface area contributed by atoms with Crippen molar-refractivity contribution < 1.29 is 62.5 Å². The lowest BCUT2D eigenvalue weighted by Gasteiger charge is -2.46. The number of allylic oxidation sites excluding steroid dienone is 2. The summed E-state index contributed by atoms with van der Waals surface area (Å²) < 4.78 is 33.9. The molecule has 2 aliphatic heterocycles. The molecule has 0 radical (unpaired) electrons. The van der Waals surface area contributed by atoms with Gasteiger partial charge in [-0.3, -0.25) is 29.0 Å². The van der Waals surface area contributed by atoms with Gasteiger partial charge in [0.05, 0.1) is 38.5 Å². The summed E-state index contributed by atoms with van der Waals surface area (Å²) in [6, 6.07) is 18.1. The lowest BCUT2D eigenvalue weighted by Crippen LogP contribution is -2.61. The Hall–Kier alpha value is -5.62. The van der Waals surface area contributed by atoms with Crippen molar-refractivity contribution >= 4 is 23.1 Å². The second-order valence-electron chi connectivity index (χ2n) is 15.6. The summed E-state index contributed by atoms with van der Waals surface area (Å²) in [5.74, 6) is -2.97. The average Bonchev–Trinajstić information content (AvgIpc) is 3.91. The number of hydrogen-bond donors (Lipinski definition) is 2. The molecule has 2 fully saturated rings. The molecule has 0 amide bonds. The molecule has 4 aliphatic carbocycles. The number of ether oxygens (including phenoxy) is 4. The molecule has 4 heterocycles. The standard InChI is InChI=1S/2C22H22N2O6/c2*25-16-8-4-7-15-18(24-9-11-28-12-10-24)19-17(20(26)22(15,16)27)21(23-30-19)29-13-14-5-2-1-3-6-14/h2*1-6,8,15,18,27H,7,9-13H2/p+1/t15?,18-,22+;15?,18-,22-/m00/s1. The second-order valence-corrected chi connectivity index (χ2v) is 15.6. The molecule has 16 nitrogen and oxygen atoms in total. The normalized spacial score (nSPS) is 28.8. The zero-order valence-electron chi connectivity index (χ0n) is 32.7. The summed E-state index contributed by atoms with van der Waals surface area (Å²) >= 11 is 0. The summed E-state index contributed by atoms with van der Waals surface area (Å²) in [6.45, 7) is 4.97. The van der Waals surface area contributed by atoms with Crippen LogP contribution in [0.2, 0.25) is 0 Å². The van der Waals surface area contributed by atoms with Gasteiger partial charge in [-0.2, -0.15) is 0 Å². The van der Waals surface area contributed by atoms with Crippen LogP contribution >= 0.6 is 0 Å². The Balaban J connectivity index is 0.000000154. The van der Waals surface area contributed by atoms with Crippen LogP contribution in [0.15, 0.2) is 94.0 Å². The number of aromatic amines is 1. The number of hydrogen-bond acceptors (Lipinski definition) is 15. The number of benzene rings is 2. The van der Waals surface area contributed by atoms with Crippen molar-refractivity contribution in [3.05, 3.63) is 119 Å². The molecule has 312 valence electrons. The summed E-state index contributed by atoms with van der Waals surface area (Å²) in [5.41, 5.74) is -2.29. The van der Waals surface area contributed by atoms with Crippen molar-refractivity contribution in [3.8, 4) is 11.8 Å². The predicted molar refractivity (Wildman–Crippen MR) is 207 cm³/mol. The highest BCUT2D eigenvalue weighted by atomic mass is 16.5. The molecule has 2 aromatic carbocycles. The van der Waals surface area contributed by atoms with Gasteiger partial charge in [-0.25, -0.2) is 4.52 Å². The van der Waals surface area contributed by atoms with Crippen LogP contribution in [0.4, 0.5) is 0 Å². The molecular weight excluding hydrogens is 776 g/mol. The number of morpholine rings is 2. The molecular formula is C44H45N4O12+. The van der Waals surface area contributed by atoms with Crippen LogP contribution in [0, 0.1) is 11.8 Å². The number of fused-ring (bicyclic) bond motifs is 4. The highest BCUT2D eigenvalue weighted by molar-refractivity contribution is 6.24. The fraction of sp³-hybridized carbons (Fsp3) is 0.409. The topological polar surface area (TPSA) is 205 Å². The molecule has 3 N–H and O–H groups in total. The highest BCUT2D eigenvalue weighted by Crippen LogP contribution is 2.51. The van der Waals surface area contributed by atoms with Gasteiger partial charge < -0.3 is 33.7 Å². The van der Waals surface area contributed by atoms with Crippen LogP contribution in [0.1, 0.15) is 68.3 Å². The van der Waals surface area contributed by atoms with Crippen molar-refractivity contribution in [1.29, 1.82) is 0 Å². The maximum atomic E-state index is 13.4. The van der Waals surface area contributed by atoms with Crippen LogP contribution in [0.5, 0.6) is 11.8 Å². The van der Waals surface area contributed by atoms with Crippen LogP contribution in [0.3, 0.4) is 0 Å². The molecule has 2 saturated heterocycles. The summed E-state index contributed by atoms with van der Waals surface area (Å²) in [4.78, 5) is 56.4. The molecule has 0 bridgehead atoms. The Labute approximate surface area is 344 Å². The molecule has 0 spiro atoms. The molecule has 60 heavy (non-hydrogen) atoms. The lowest BCUT2D eigenvalue weighted by atomic mass is 9.65. The average molecular weight is 822 g/mol. The first-order valence-electron chi connectivity index (χ1n) is 20.2. The van der Waals surface area contributed by atoms with Gasteiger partial charge >= 0.3 is 5.88 Å². The molecule has 2 aromatic heterocycles. The Morgan fingerprint density at radius 2 is 1.15 bits per heavy atom. The largest absolute Gasteiger partial charge is 0.470 e. The minimum atomic E-state index is -2.15. The second kappa shape index (κ2) is 16.4. The van der Waals surface area contributed by atoms with E-state index < -0.39 is 58.3 Å². The molecule has 6 atom stereocenters. The zero-order chi connectivity index (χ0) is 41.4. The third kappa shape index (κ3) is 6.82. The van der Waals surface area contributed by atoms with Gasteiger partial charge in [0.15, 0.2) is 34.1 Å². The van der Waals surface area contributed by atoms with E-state index in [1.165, 1.54) is 12.2 Å². The van der Waals surface area contributed by atoms with E-state index in [0.717, 1.165) is 11.1 Å². The zero-order valence-corrected chi connectivity index (χ0v) is 32.7. The quantitative estimate of drug-likeness (QED) is 0.245. The van der Waals surface area contributed by atoms with Crippen LogP contribution < -0.4 is 14.6 Å². The van der Waals surface area contributed by atoms with E-state index in [1.54, 1.807) is 12.2 Å². The number of nitrogens with zero attached hydrogens (tertiary/aromatic N) is 3. The van der Waals surface area contributed by atoms with Gasteiger partial charge in [0, 0.05) is 43.2 Å². The Morgan fingerprint density at radius 1 is 0.667 bits per heavy atom. The Morgan fingerprint density at radius 3 is 1.68 bits per heavy atom. The van der Waals surface area contributed by atoms with E-state index in [1.807, 2.05) is 60.7 Å². The van der Waals surface area contributed by atoms with Crippen LogP contribution in [-0.2, 0) is 32.3 Å². The molecule has 6 aliphatic rings. The molecule has 4 aromatic rings. The van der Waals surface area contributed by atoms with Gasteiger partial charge in [0.1, 0.15) is 18.8 Å². The van der Waals surface area contributed by atoms with Crippen molar-refractivity contribution in [2.75, 3.05) is 52.6 Å². The van der Waals surface area contributed by atoms with Crippen LogP contribution in [0.25, 0.3) is 0 Å². The van der Waals surface area contributed by atoms with E-state index in [2.05, 4.69) is 20.1 Å². The number of rotatable bonds is 8. The maximum absolute atomic E-state index is 13.4. The van der Waals surface area contributed by atoms with E-state index in [4.69, 9.17) is 28.0 Å². The summed E-state index contributed by atoms with van der Waals surface area (Å²) in [5, 5.41) is 29.5. The number of ketones is 4. The van der Waals surface area contributed by atoms with Gasteiger partial charge in [-0.05, 0) is 41.3 Å².